The van der Waals surface area contributed by atoms with Crippen LogP contribution in [-0.4, -0.2) is 60.5 Å². The van der Waals surface area contributed by atoms with E-state index >= 15 is 0 Å². The van der Waals surface area contributed by atoms with Crippen LogP contribution in [0.5, 0.6) is 0 Å². The summed E-state index contributed by atoms with van der Waals surface area (Å²) in [6, 6.07) is 0. The van der Waals surface area contributed by atoms with Crippen molar-refractivity contribution in [1.29, 1.82) is 0 Å². The van der Waals surface area contributed by atoms with E-state index in [4.69, 9.17) is 5.11 Å². The van der Waals surface area contributed by atoms with Crippen molar-refractivity contribution in [3.05, 3.63) is 0 Å². The Morgan fingerprint density at radius 2 is 1.79 bits per heavy atom. The maximum atomic E-state index is 12.3. The van der Waals surface area contributed by atoms with Crippen molar-refractivity contribution in [3.63, 3.8) is 0 Å². The summed E-state index contributed by atoms with van der Waals surface area (Å²) >= 11 is 0. The summed E-state index contributed by atoms with van der Waals surface area (Å²) in [4.78, 5) is 27.2. The maximum absolute atomic E-state index is 12.3. The van der Waals surface area contributed by atoms with Crippen molar-refractivity contribution in [1.82, 2.24) is 9.80 Å². The molecule has 0 radical (unpaired) electrons. The highest BCUT2D eigenvalue weighted by Gasteiger charge is 2.35. The number of carbonyl (C=O) groups is 2. The predicted octanol–water partition coefficient (Wildman–Crippen LogP) is 1.29. The van der Waals surface area contributed by atoms with E-state index in [1.54, 1.807) is 0 Å². The number of nitrogens with zero attached hydrogens (tertiary/aromatic N) is 2. The number of carboxylic acid groups (broad SMARTS) is 1. The summed E-state index contributed by atoms with van der Waals surface area (Å²) < 4.78 is 0. The molecule has 1 N–H and O–H groups in total. The van der Waals surface area contributed by atoms with Crippen molar-refractivity contribution in [2.45, 2.75) is 32.6 Å². The van der Waals surface area contributed by atoms with Crippen molar-refractivity contribution >= 4 is 11.9 Å². The van der Waals surface area contributed by atoms with Crippen LogP contribution >= 0.6 is 0 Å². The lowest BCUT2D eigenvalue weighted by Gasteiger charge is -2.25. The second-order valence-corrected chi connectivity index (χ2v) is 5.62. The zero-order valence-electron chi connectivity index (χ0n) is 12.3. The quantitative estimate of drug-likeness (QED) is 0.757. The van der Waals surface area contributed by atoms with Gasteiger partial charge in [0.25, 0.3) is 0 Å². The van der Waals surface area contributed by atoms with Crippen molar-refractivity contribution in [2.75, 3.05) is 33.7 Å². The Balaban J connectivity index is 2.43. The normalized spacial score (nSPS) is 22.7. The van der Waals surface area contributed by atoms with Crippen molar-refractivity contribution in [2.24, 2.45) is 11.8 Å². The highest BCUT2D eigenvalue weighted by Crippen LogP contribution is 2.32. The van der Waals surface area contributed by atoms with E-state index in [-0.39, 0.29) is 17.7 Å². The van der Waals surface area contributed by atoms with E-state index in [0.29, 0.717) is 19.4 Å². The number of amides is 1. The molecule has 0 aromatic carbocycles. The maximum Gasteiger partial charge on any atom is 0.306 e. The summed E-state index contributed by atoms with van der Waals surface area (Å²) in [5.41, 5.74) is 0. The Morgan fingerprint density at radius 1 is 1.16 bits per heavy atom. The van der Waals surface area contributed by atoms with Crippen LogP contribution < -0.4 is 0 Å². The number of carbonyl (C=O) groups excluding carboxylic acids is 1. The zero-order chi connectivity index (χ0) is 14.4. The van der Waals surface area contributed by atoms with Gasteiger partial charge < -0.3 is 14.9 Å². The topological polar surface area (TPSA) is 60.9 Å². The first-order valence-corrected chi connectivity index (χ1v) is 7.12. The molecule has 0 bridgehead atoms. The minimum atomic E-state index is -0.758. The third kappa shape index (κ3) is 4.82. The Labute approximate surface area is 115 Å². The van der Waals surface area contributed by atoms with Crippen LogP contribution in [0.25, 0.3) is 0 Å². The van der Waals surface area contributed by atoms with Gasteiger partial charge in [-0.25, -0.2) is 0 Å². The first kappa shape index (κ1) is 16.0. The fraction of sp³-hybridized carbons (Fsp3) is 0.857. The van der Waals surface area contributed by atoms with Gasteiger partial charge in [-0.3, -0.25) is 9.59 Å². The smallest absolute Gasteiger partial charge is 0.306 e. The molecule has 110 valence electrons. The van der Waals surface area contributed by atoms with E-state index in [2.05, 4.69) is 4.90 Å². The number of hydrogen-bond acceptors (Lipinski definition) is 3. The molecule has 5 heteroatoms. The van der Waals surface area contributed by atoms with E-state index < -0.39 is 5.97 Å². The van der Waals surface area contributed by atoms with E-state index in [1.165, 1.54) is 0 Å². The summed E-state index contributed by atoms with van der Waals surface area (Å²) in [5, 5.41) is 8.98. The van der Waals surface area contributed by atoms with Gasteiger partial charge in [0.1, 0.15) is 0 Å². The number of aliphatic carboxylic acids is 1. The zero-order valence-corrected chi connectivity index (χ0v) is 12.3. The molecular formula is C14H26N2O3. The van der Waals surface area contributed by atoms with Gasteiger partial charge in [-0.2, -0.15) is 0 Å². The van der Waals surface area contributed by atoms with Crippen LogP contribution in [0.4, 0.5) is 0 Å². The average Bonchev–Trinajstić information content (AvgIpc) is 2.83. The lowest BCUT2D eigenvalue weighted by atomic mass is 10.0. The van der Waals surface area contributed by atoms with Gasteiger partial charge in [-0.1, -0.05) is 0 Å². The molecular weight excluding hydrogens is 244 g/mol. The molecule has 0 aliphatic heterocycles. The van der Waals surface area contributed by atoms with Gasteiger partial charge in [-0.15, -0.1) is 0 Å². The van der Waals surface area contributed by atoms with E-state index in [0.717, 1.165) is 25.9 Å². The Hall–Kier alpha value is -1.10. The van der Waals surface area contributed by atoms with Crippen LogP contribution in [0.15, 0.2) is 0 Å². The van der Waals surface area contributed by atoms with Crippen LogP contribution in [0.1, 0.15) is 32.6 Å². The van der Waals surface area contributed by atoms with Gasteiger partial charge in [0.2, 0.25) is 5.91 Å². The predicted molar refractivity (Wildman–Crippen MR) is 73.9 cm³/mol. The summed E-state index contributed by atoms with van der Waals surface area (Å²) in [6.45, 7) is 4.42. The molecule has 0 spiro atoms. The molecule has 19 heavy (non-hydrogen) atoms. The van der Waals surface area contributed by atoms with Crippen molar-refractivity contribution < 1.29 is 14.7 Å². The molecule has 0 aromatic rings. The molecule has 1 saturated carbocycles. The second kappa shape index (κ2) is 7.48. The van der Waals surface area contributed by atoms with Crippen LogP contribution in [0.3, 0.4) is 0 Å². The van der Waals surface area contributed by atoms with Gasteiger partial charge in [0.05, 0.1) is 5.92 Å². The summed E-state index contributed by atoms with van der Waals surface area (Å²) in [6.07, 6.45) is 2.83. The lowest BCUT2D eigenvalue weighted by molar-refractivity contribution is -0.141. The standard InChI is InChI=1S/C14H26N2O3/c1-4-16(9-5-8-15(2)3)13(17)11-6-7-12(10-11)14(18)19/h11-12H,4-10H2,1-3H3,(H,18,19). The molecule has 2 unspecified atom stereocenters. The molecule has 1 rings (SSSR count). The Bertz CT molecular complexity index is 318. The average molecular weight is 270 g/mol. The fourth-order valence-electron chi connectivity index (χ4n) is 2.69. The fourth-order valence-corrected chi connectivity index (χ4v) is 2.69. The number of carboxylic acids is 1. The number of rotatable bonds is 7. The molecule has 0 saturated heterocycles. The molecule has 1 amide bonds. The highest BCUT2D eigenvalue weighted by molar-refractivity contribution is 5.81. The second-order valence-electron chi connectivity index (χ2n) is 5.62. The van der Waals surface area contributed by atoms with Gasteiger partial charge >= 0.3 is 5.97 Å². The minimum Gasteiger partial charge on any atom is -0.481 e. The third-order valence-electron chi connectivity index (χ3n) is 3.86. The SMILES string of the molecule is CCN(CCCN(C)C)C(=O)C1CCC(C(=O)O)C1. The van der Waals surface area contributed by atoms with E-state index in [9.17, 15) is 9.59 Å². The van der Waals surface area contributed by atoms with Crippen LogP contribution in [0, 0.1) is 11.8 Å². The molecule has 1 fully saturated rings. The molecule has 5 nitrogen and oxygen atoms in total. The van der Waals surface area contributed by atoms with Gasteiger partial charge in [0, 0.05) is 19.0 Å². The van der Waals surface area contributed by atoms with Gasteiger partial charge in [-0.05, 0) is 53.2 Å². The lowest BCUT2D eigenvalue weighted by Crippen LogP contribution is -2.37. The molecule has 1 aliphatic carbocycles. The first-order valence-electron chi connectivity index (χ1n) is 7.12. The molecule has 1 aliphatic rings. The molecule has 0 aromatic heterocycles. The monoisotopic (exact) mass is 270 g/mol. The molecule has 0 heterocycles. The number of hydrogen-bond donors (Lipinski definition) is 1. The third-order valence-corrected chi connectivity index (χ3v) is 3.86. The minimum absolute atomic E-state index is 0.0830. The van der Waals surface area contributed by atoms with Crippen LogP contribution in [0.2, 0.25) is 0 Å². The first-order chi connectivity index (χ1) is 8.95. The van der Waals surface area contributed by atoms with Crippen molar-refractivity contribution in [3.8, 4) is 0 Å². The van der Waals surface area contributed by atoms with Crippen LogP contribution in [-0.2, 0) is 9.59 Å². The summed E-state index contributed by atoms with van der Waals surface area (Å²) in [5.74, 6) is -1.02. The summed E-state index contributed by atoms with van der Waals surface area (Å²) in [7, 11) is 4.04. The Kier molecular flexibility index (Phi) is 6.28. The largest absolute Gasteiger partial charge is 0.481 e. The van der Waals surface area contributed by atoms with Gasteiger partial charge in [0.15, 0.2) is 0 Å². The Morgan fingerprint density at radius 3 is 2.26 bits per heavy atom. The molecule has 2 atom stereocenters. The van der Waals surface area contributed by atoms with E-state index in [1.807, 2.05) is 25.9 Å². The highest BCUT2D eigenvalue weighted by atomic mass is 16.4.